The van der Waals surface area contributed by atoms with Crippen molar-refractivity contribution in [3.63, 3.8) is 0 Å². The molecule has 62 heavy (non-hydrogen) atoms. The number of anilines is 4. The van der Waals surface area contributed by atoms with Gasteiger partial charge in [0.25, 0.3) is 0 Å². The Morgan fingerprint density at radius 3 is 1.32 bits per heavy atom. The van der Waals surface area contributed by atoms with Crippen LogP contribution in [0, 0.1) is 0 Å². The number of aliphatic imine (C=N–C) groups is 4. The summed E-state index contributed by atoms with van der Waals surface area (Å²) in [6, 6.07) is 24.3. The van der Waals surface area contributed by atoms with E-state index in [9.17, 15) is 52.7 Å². The molecule has 0 bridgehead atoms. The summed E-state index contributed by atoms with van der Waals surface area (Å²) >= 11 is 0. The van der Waals surface area contributed by atoms with Crippen molar-refractivity contribution >= 4 is 51.8 Å². The zero-order valence-electron chi connectivity index (χ0n) is 30.9. The van der Waals surface area contributed by atoms with Crippen LogP contribution in [-0.2, 0) is 24.7 Å². The van der Waals surface area contributed by atoms with E-state index < -0.39 is 52.8 Å². The van der Waals surface area contributed by atoms with Crippen molar-refractivity contribution in [3.05, 3.63) is 173 Å². The molecule has 3 aliphatic heterocycles. The Balaban J connectivity index is 1.33. The number of nitrogens with one attached hydrogen (secondary N) is 2. The third kappa shape index (κ3) is 8.48. The SMILES string of the molecule is FC(F)(F)c1cccc(NC2=NC(=C3N=C4C(=N3)N(c3cccc(C(F)(F)F)c3)C(c3ccccc3)=CN4c3cccc(C(F)(F)F)c3)N=C2Nc2cccc(C(F)(F)F)c2)c1. The van der Waals surface area contributed by atoms with Gasteiger partial charge in [-0.05, 0) is 72.8 Å². The second-order valence-corrected chi connectivity index (χ2v) is 13.5. The van der Waals surface area contributed by atoms with E-state index in [1.54, 1.807) is 30.3 Å². The second kappa shape index (κ2) is 15.3. The quantitative estimate of drug-likeness (QED) is 0.172. The normalized spacial score (nSPS) is 15.8. The lowest BCUT2D eigenvalue weighted by Crippen LogP contribution is -2.46. The van der Waals surface area contributed by atoms with Gasteiger partial charge in [0.05, 0.1) is 28.0 Å². The molecule has 3 aliphatic rings. The van der Waals surface area contributed by atoms with E-state index in [2.05, 4.69) is 30.6 Å². The molecule has 0 spiro atoms. The van der Waals surface area contributed by atoms with Crippen LogP contribution in [-0.4, -0.2) is 23.3 Å². The van der Waals surface area contributed by atoms with Crippen molar-refractivity contribution in [3.8, 4) is 0 Å². The minimum atomic E-state index is -4.80. The van der Waals surface area contributed by atoms with Gasteiger partial charge < -0.3 is 10.6 Å². The molecule has 0 aromatic heterocycles. The fourth-order valence-electron chi connectivity index (χ4n) is 6.45. The fraction of sp³-hybridized carbons (Fsp3) is 0.0952. The standard InChI is InChI=1S/C42H24F12N8/c43-39(44,45)24-10-4-14-28(18-24)55-33-34(56-29-15-5-11-25(19-29)40(46,47)48)58-35(57-33)36-59-37-38(60-36)62(31-17-7-13-27(21-31)42(52,53)54)32(23-8-2-1-3-9-23)22-61(37)30-16-6-12-26(20-30)41(49,50)51/h1-22H,(H,55,57)(H,56,58). The number of hydrogen-bond donors (Lipinski definition) is 2. The number of alkyl halides is 12. The molecule has 0 saturated heterocycles. The summed E-state index contributed by atoms with van der Waals surface area (Å²) in [5, 5.41) is 5.36. The van der Waals surface area contributed by atoms with Gasteiger partial charge in [-0.2, -0.15) is 52.7 Å². The molecule has 0 aliphatic carbocycles. The summed E-state index contributed by atoms with van der Waals surface area (Å²) in [6.07, 6.45) is -17.7. The van der Waals surface area contributed by atoms with Gasteiger partial charge in [0.2, 0.25) is 11.6 Å². The second-order valence-electron chi connectivity index (χ2n) is 13.5. The number of halogens is 12. The first-order valence-corrected chi connectivity index (χ1v) is 17.9. The number of nitrogens with zero attached hydrogens (tertiary/aromatic N) is 6. The highest BCUT2D eigenvalue weighted by atomic mass is 19.4. The van der Waals surface area contributed by atoms with Gasteiger partial charge in [0.15, 0.2) is 23.3 Å². The van der Waals surface area contributed by atoms with Gasteiger partial charge in [-0.3, -0.25) is 9.80 Å². The number of benzene rings is 5. The van der Waals surface area contributed by atoms with Gasteiger partial charge in [-0.15, -0.1) is 0 Å². The monoisotopic (exact) mass is 868 g/mol. The summed E-state index contributed by atoms with van der Waals surface area (Å²) < 4.78 is 166. The molecule has 8 nitrogen and oxygen atoms in total. The van der Waals surface area contributed by atoms with Crippen LogP contribution in [0.2, 0.25) is 0 Å². The number of amidine groups is 4. The van der Waals surface area contributed by atoms with Crippen LogP contribution >= 0.6 is 0 Å². The molecule has 0 saturated carbocycles. The Kier molecular flexibility index (Phi) is 10.2. The smallest absolute Gasteiger partial charge is 0.337 e. The molecular weight excluding hydrogens is 844 g/mol. The molecule has 0 amide bonds. The number of hydrogen-bond acceptors (Lipinski definition) is 8. The van der Waals surface area contributed by atoms with Gasteiger partial charge >= 0.3 is 24.7 Å². The summed E-state index contributed by atoms with van der Waals surface area (Å²) in [4.78, 5) is 20.5. The topological polar surface area (TPSA) is 80.0 Å². The molecule has 2 N–H and O–H groups in total. The minimum absolute atomic E-state index is 0.0893. The van der Waals surface area contributed by atoms with Crippen LogP contribution in [0.15, 0.2) is 165 Å². The van der Waals surface area contributed by atoms with Crippen LogP contribution in [0.3, 0.4) is 0 Å². The Hall–Kier alpha value is -7.38. The van der Waals surface area contributed by atoms with Crippen molar-refractivity contribution in [1.29, 1.82) is 0 Å². The third-order valence-electron chi connectivity index (χ3n) is 9.27. The number of fused-ring (bicyclic) bond motifs is 1. The first-order chi connectivity index (χ1) is 29.2. The van der Waals surface area contributed by atoms with Gasteiger partial charge in [0.1, 0.15) is 0 Å². The van der Waals surface area contributed by atoms with Crippen LogP contribution in [0.1, 0.15) is 27.8 Å². The lowest BCUT2D eigenvalue weighted by molar-refractivity contribution is -0.138. The third-order valence-corrected chi connectivity index (χ3v) is 9.27. The lowest BCUT2D eigenvalue weighted by Gasteiger charge is -2.37. The zero-order chi connectivity index (χ0) is 44.2. The highest BCUT2D eigenvalue weighted by Crippen LogP contribution is 2.41. The summed E-state index contributed by atoms with van der Waals surface area (Å²) in [5.74, 6) is -1.81. The van der Waals surface area contributed by atoms with Crippen LogP contribution < -0.4 is 20.4 Å². The van der Waals surface area contributed by atoms with Gasteiger partial charge in [-0.25, -0.2) is 20.0 Å². The van der Waals surface area contributed by atoms with Gasteiger partial charge in [0, 0.05) is 34.5 Å². The van der Waals surface area contributed by atoms with E-state index >= 15 is 0 Å². The average Bonchev–Trinajstić information content (AvgIpc) is 3.84. The molecule has 20 heteroatoms. The predicted octanol–water partition coefficient (Wildman–Crippen LogP) is 12.1. The first-order valence-electron chi connectivity index (χ1n) is 17.9. The Morgan fingerprint density at radius 2 is 0.823 bits per heavy atom. The van der Waals surface area contributed by atoms with E-state index in [-0.39, 0.29) is 57.6 Å². The van der Waals surface area contributed by atoms with E-state index in [0.29, 0.717) is 5.56 Å². The summed E-state index contributed by atoms with van der Waals surface area (Å²) in [6.45, 7) is 0. The summed E-state index contributed by atoms with van der Waals surface area (Å²) in [5.41, 5.74) is -4.15. The van der Waals surface area contributed by atoms with E-state index in [0.717, 1.165) is 72.8 Å². The molecule has 8 rings (SSSR count). The zero-order valence-corrected chi connectivity index (χ0v) is 30.9. The number of rotatable bonds is 5. The maximum Gasteiger partial charge on any atom is 0.416 e. The maximum atomic E-state index is 14.1. The van der Waals surface area contributed by atoms with Crippen LogP contribution in [0.4, 0.5) is 75.4 Å². The van der Waals surface area contributed by atoms with Gasteiger partial charge in [-0.1, -0.05) is 54.6 Å². The predicted molar refractivity (Wildman–Crippen MR) is 209 cm³/mol. The highest BCUT2D eigenvalue weighted by Gasteiger charge is 2.40. The molecule has 5 aromatic carbocycles. The average molecular weight is 869 g/mol. The van der Waals surface area contributed by atoms with E-state index in [1.807, 2.05) is 0 Å². The molecule has 3 heterocycles. The molecule has 316 valence electrons. The first kappa shape index (κ1) is 41.4. The summed E-state index contributed by atoms with van der Waals surface area (Å²) in [7, 11) is 0. The molecular formula is C42H24F12N8. The largest absolute Gasteiger partial charge is 0.416 e. The maximum absolute atomic E-state index is 14.1. The van der Waals surface area contributed by atoms with Crippen molar-refractivity contribution in [1.82, 2.24) is 0 Å². The van der Waals surface area contributed by atoms with Crippen molar-refractivity contribution in [2.45, 2.75) is 24.7 Å². The molecule has 0 fully saturated rings. The van der Waals surface area contributed by atoms with Crippen molar-refractivity contribution in [2.75, 3.05) is 20.4 Å². The Bertz CT molecular complexity index is 2680. The molecule has 0 unspecified atom stereocenters. The minimum Gasteiger partial charge on any atom is -0.337 e. The van der Waals surface area contributed by atoms with Crippen LogP contribution in [0.5, 0.6) is 0 Å². The Labute approximate surface area is 342 Å². The molecule has 0 radical (unpaired) electrons. The van der Waals surface area contributed by atoms with Crippen molar-refractivity contribution in [2.24, 2.45) is 20.0 Å². The van der Waals surface area contributed by atoms with Crippen LogP contribution in [0.25, 0.3) is 5.70 Å². The molecule has 5 aromatic rings. The van der Waals surface area contributed by atoms with E-state index in [1.165, 1.54) is 40.3 Å². The lowest BCUT2D eigenvalue weighted by atomic mass is 10.1. The highest BCUT2D eigenvalue weighted by molar-refractivity contribution is 6.55. The van der Waals surface area contributed by atoms with E-state index in [4.69, 9.17) is 0 Å². The Morgan fingerprint density at radius 1 is 0.403 bits per heavy atom. The van der Waals surface area contributed by atoms with Crippen molar-refractivity contribution < 1.29 is 52.7 Å². The molecule has 0 atom stereocenters. The fourth-order valence-corrected chi connectivity index (χ4v) is 6.45.